The van der Waals surface area contributed by atoms with Crippen molar-refractivity contribution in [2.45, 2.75) is 39.2 Å². The van der Waals surface area contributed by atoms with Gasteiger partial charge in [0, 0.05) is 12.5 Å². The van der Waals surface area contributed by atoms with Crippen molar-refractivity contribution in [3.05, 3.63) is 29.8 Å². The van der Waals surface area contributed by atoms with Crippen LogP contribution in [-0.2, 0) is 11.2 Å². The molecule has 0 fully saturated rings. The number of hydrogen-bond donors (Lipinski definition) is 3. The van der Waals surface area contributed by atoms with Crippen LogP contribution in [-0.4, -0.2) is 28.8 Å². The molecule has 1 aromatic carbocycles. The SMILES string of the molecule is CCC(O)CC(C)C(=O)NCCc1ccc(O)cc1. The van der Waals surface area contributed by atoms with Crippen LogP contribution in [0.1, 0.15) is 32.3 Å². The van der Waals surface area contributed by atoms with Crippen LogP contribution in [0.15, 0.2) is 24.3 Å². The van der Waals surface area contributed by atoms with E-state index in [-0.39, 0.29) is 17.6 Å². The maximum Gasteiger partial charge on any atom is 0.222 e. The van der Waals surface area contributed by atoms with Gasteiger partial charge in [0.05, 0.1) is 6.10 Å². The summed E-state index contributed by atoms with van der Waals surface area (Å²) in [6, 6.07) is 6.95. The largest absolute Gasteiger partial charge is 0.508 e. The summed E-state index contributed by atoms with van der Waals surface area (Å²) in [5.41, 5.74) is 1.07. The molecule has 0 saturated heterocycles. The molecule has 3 N–H and O–H groups in total. The first-order valence-corrected chi connectivity index (χ1v) is 6.76. The van der Waals surface area contributed by atoms with Gasteiger partial charge in [-0.2, -0.15) is 0 Å². The molecule has 1 aromatic rings. The third-order valence-electron chi connectivity index (χ3n) is 3.19. The Bertz CT molecular complexity index is 389. The number of phenols is 1. The van der Waals surface area contributed by atoms with Crippen molar-refractivity contribution in [2.24, 2.45) is 5.92 Å². The molecule has 0 aliphatic rings. The fourth-order valence-corrected chi connectivity index (χ4v) is 1.85. The van der Waals surface area contributed by atoms with E-state index < -0.39 is 6.10 Å². The molecule has 0 radical (unpaired) electrons. The van der Waals surface area contributed by atoms with Crippen LogP contribution >= 0.6 is 0 Å². The first-order valence-electron chi connectivity index (χ1n) is 6.76. The third kappa shape index (κ3) is 5.75. The molecule has 1 rings (SSSR count). The quantitative estimate of drug-likeness (QED) is 0.704. The summed E-state index contributed by atoms with van der Waals surface area (Å²) in [6.07, 6.45) is 1.50. The van der Waals surface area contributed by atoms with Gasteiger partial charge in [-0.25, -0.2) is 0 Å². The minimum absolute atomic E-state index is 0.0220. The van der Waals surface area contributed by atoms with Crippen LogP contribution in [0.2, 0.25) is 0 Å². The van der Waals surface area contributed by atoms with Crippen LogP contribution < -0.4 is 5.32 Å². The zero-order chi connectivity index (χ0) is 14.3. The summed E-state index contributed by atoms with van der Waals surface area (Å²) in [6.45, 7) is 4.30. The number of carbonyl (C=O) groups excluding carboxylic acids is 1. The van der Waals surface area contributed by atoms with Crippen molar-refractivity contribution in [1.82, 2.24) is 5.32 Å². The molecule has 0 saturated carbocycles. The zero-order valence-corrected chi connectivity index (χ0v) is 11.6. The van der Waals surface area contributed by atoms with Crippen molar-refractivity contribution in [1.29, 1.82) is 0 Å². The molecule has 0 spiro atoms. The van der Waals surface area contributed by atoms with E-state index in [1.165, 1.54) is 0 Å². The van der Waals surface area contributed by atoms with Crippen LogP contribution in [0.3, 0.4) is 0 Å². The number of aliphatic hydroxyl groups is 1. The first-order chi connectivity index (χ1) is 9.02. The molecule has 19 heavy (non-hydrogen) atoms. The summed E-state index contributed by atoms with van der Waals surface area (Å²) in [7, 11) is 0. The Morgan fingerprint density at radius 1 is 1.32 bits per heavy atom. The number of benzene rings is 1. The van der Waals surface area contributed by atoms with E-state index in [1.807, 2.05) is 26.0 Å². The van der Waals surface area contributed by atoms with Gasteiger partial charge in [0.15, 0.2) is 0 Å². The Kier molecular flexibility index (Phi) is 6.36. The molecule has 0 aliphatic carbocycles. The highest BCUT2D eigenvalue weighted by Gasteiger charge is 2.15. The number of rotatable bonds is 7. The van der Waals surface area contributed by atoms with Crippen molar-refractivity contribution in [3.63, 3.8) is 0 Å². The van der Waals surface area contributed by atoms with Crippen molar-refractivity contribution < 1.29 is 15.0 Å². The van der Waals surface area contributed by atoms with E-state index in [9.17, 15) is 9.90 Å². The predicted octanol–water partition coefficient (Wildman–Crippen LogP) is 1.85. The molecule has 1 amide bonds. The molecular formula is C15H23NO3. The third-order valence-corrected chi connectivity index (χ3v) is 3.19. The lowest BCUT2D eigenvalue weighted by Crippen LogP contribution is -2.32. The van der Waals surface area contributed by atoms with Crippen LogP contribution in [0.5, 0.6) is 5.75 Å². The number of hydrogen-bond acceptors (Lipinski definition) is 3. The fraction of sp³-hybridized carbons (Fsp3) is 0.533. The van der Waals surface area contributed by atoms with E-state index in [4.69, 9.17) is 5.11 Å². The van der Waals surface area contributed by atoms with Gasteiger partial charge < -0.3 is 15.5 Å². The lowest BCUT2D eigenvalue weighted by atomic mass is 10.0. The van der Waals surface area contributed by atoms with Gasteiger partial charge in [0.25, 0.3) is 0 Å². The molecule has 0 bridgehead atoms. The second kappa shape index (κ2) is 7.79. The van der Waals surface area contributed by atoms with Crippen molar-refractivity contribution in [3.8, 4) is 5.75 Å². The zero-order valence-electron chi connectivity index (χ0n) is 11.6. The summed E-state index contributed by atoms with van der Waals surface area (Å²) in [4.78, 5) is 11.8. The molecule has 106 valence electrons. The molecular weight excluding hydrogens is 242 g/mol. The van der Waals surface area contributed by atoms with E-state index >= 15 is 0 Å². The maximum atomic E-state index is 11.8. The van der Waals surface area contributed by atoms with Crippen LogP contribution in [0.25, 0.3) is 0 Å². The normalized spacial score (nSPS) is 13.8. The maximum absolute atomic E-state index is 11.8. The summed E-state index contributed by atoms with van der Waals surface area (Å²) < 4.78 is 0. The number of amides is 1. The van der Waals surface area contributed by atoms with Gasteiger partial charge in [0.1, 0.15) is 5.75 Å². The van der Waals surface area contributed by atoms with Crippen molar-refractivity contribution >= 4 is 5.91 Å². The van der Waals surface area contributed by atoms with E-state index in [0.29, 0.717) is 19.4 Å². The van der Waals surface area contributed by atoms with E-state index in [0.717, 1.165) is 12.0 Å². The second-order valence-electron chi connectivity index (χ2n) is 4.91. The highest BCUT2D eigenvalue weighted by Crippen LogP contribution is 2.10. The lowest BCUT2D eigenvalue weighted by molar-refractivity contribution is -0.125. The topological polar surface area (TPSA) is 69.6 Å². The Morgan fingerprint density at radius 3 is 2.53 bits per heavy atom. The minimum atomic E-state index is -0.405. The lowest BCUT2D eigenvalue weighted by Gasteiger charge is -2.15. The summed E-state index contributed by atoms with van der Waals surface area (Å²) >= 11 is 0. The van der Waals surface area contributed by atoms with Crippen LogP contribution in [0.4, 0.5) is 0 Å². The summed E-state index contributed by atoms with van der Waals surface area (Å²) in [5, 5.41) is 21.5. The number of nitrogens with one attached hydrogen (secondary N) is 1. The standard InChI is InChI=1S/C15H23NO3/c1-3-13(17)10-11(2)15(19)16-9-8-12-4-6-14(18)7-5-12/h4-7,11,13,17-18H,3,8-10H2,1-2H3,(H,16,19). The minimum Gasteiger partial charge on any atom is -0.508 e. The number of aromatic hydroxyl groups is 1. The highest BCUT2D eigenvalue weighted by molar-refractivity contribution is 5.78. The Balaban J connectivity index is 2.28. The van der Waals surface area contributed by atoms with Gasteiger partial charge in [0.2, 0.25) is 5.91 Å². The molecule has 2 atom stereocenters. The number of phenolic OH excluding ortho intramolecular Hbond substituents is 1. The Morgan fingerprint density at radius 2 is 1.95 bits per heavy atom. The van der Waals surface area contributed by atoms with Gasteiger partial charge in [-0.05, 0) is 37.0 Å². The van der Waals surface area contributed by atoms with Gasteiger partial charge >= 0.3 is 0 Å². The monoisotopic (exact) mass is 265 g/mol. The first kappa shape index (κ1) is 15.5. The van der Waals surface area contributed by atoms with Gasteiger partial charge in [-0.15, -0.1) is 0 Å². The van der Waals surface area contributed by atoms with E-state index in [1.54, 1.807) is 12.1 Å². The molecule has 4 heteroatoms. The number of carbonyl (C=O) groups is 1. The van der Waals surface area contributed by atoms with E-state index in [2.05, 4.69) is 5.32 Å². The predicted molar refractivity (Wildman–Crippen MR) is 74.9 cm³/mol. The molecule has 4 nitrogen and oxygen atoms in total. The fourth-order valence-electron chi connectivity index (χ4n) is 1.85. The molecule has 2 unspecified atom stereocenters. The summed E-state index contributed by atoms with van der Waals surface area (Å²) in [5.74, 6) is 0.0519. The molecule has 0 aromatic heterocycles. The second-order valence-corrected chi connectivity index (χ2v) is 4.91. The van der Waals surface area contributed by atoms with Crippen molar-refractivity contribution in [2.75, 3.05) is 6.54 Å². The van der Waals surface area contributed by atoms with Gasteiger partial charge in [-0.3, -0.25) is 4.79 Å². The smallest absolute Gasteiger partial charge is 0.222 e. The average molecular weight is 265 g/mol. The molecule has 0 aliphatic heterocycles. The highest BCUT2D eigenvalue weighted by atomic mass is 16.3. The Labute approximate surface area is 114 Å². The molecule has 0 heterocycles. The Hall–Kier alpha value is -1.55. The van der Waals surface area contributed by atoms with Crippen LogP contribution in [0, 0.1) is 5.92 Å². The van der Waals surface area contributed by atoms with Gasteiger partial charge in [-0.1, -0.05) is 26.0 Å². The average Bonchev–Trinajstić information content (AvgIpc) is 2.40. The number of aliphatic hydroxyl groups excluding tert-OH is 1.